The van der Waals surface area contributed by atoms with Crippen LogP contribution < -0.4 is 5.32 Å². The van der Waals surface area contributed by atoms with Crippen molar-refractivity contribution in [2.24, 2.45) is 0 Å². The van der Waals surface area contributed by atoms with Crippen molar-refractivity contribution >= 4 is 39.8 Å². The Morgan fingerprint density at radius 2 is 2.00 bits per heavy atom. The molecular formula is C22H26ClN3OS. The molecule has 0 aliphatic rings. The van der Waals surface area contributed by atoms with E-state index in [1.807, 2.05) is 24.3 Å². The molecule has 4 nitrogen and oxygen atoms in total. The predicted octanol–water partition coefficient (Wildman–Crippen LogP) is 4.70. The summed E-state index contributed by atoms with van der Waals surface area (Å²) >= 11 is 11.9. The van der Waals surface area contributed by atoms with Crippen molar-refractivity contribution in [2.75, 3.05) is 26.8 Å². The first-order valence-electron chi connectivity index (χ1n) is 9.41. The van der Waals surface area contributed by atoms with E-state index in [0.717, 1.165) is 35.2 Å². The summed E-state index contributed by atoms with van der Waals surface area (Å²) in [5.74, 6) is 0. The van der Waals surface area contributed by atoms with Crippen LogP contribution in [0.1, 0.15) is 16.8 Å². The van der Waals surface area contributed by atoms with Crippen LogP contribution in [0.2, 0.25) is 5.02 Å². The summed E-state index contributed by atoms with van der Waals surface area (Å²) in [6, 6.07) is 16.4. The molecule has 0 amide bonds. The topological polar surface area (TPSA) is 40.3 Å². The first-order chi connectivity index (χ1) is 13.6. The summed E-state index contributed by atoms with van der Waals surface area (Å²) in [7, 11) is 1.69. The Kier molecular flexibility index (Phi) is 7.31. The molecule has 0 radical (unpaired) electrons. The van der Waals surface area contributed by atoms with Gasteiger partial charge in [0.15, 0.2) is 5.11 Å². The monoisotopic (exact) mass is 415 g/mol. The fraction of sp³-hybridized carbons (Fsp3) is 0.318. The van der Waals surface area contributed by atoms with Gasteiger partial charge in [-0.15, -0.1) is 0 Å². The van der Waals surface area contributed by atoms with Crippen LogP contribution in [0.5, 0.6) is 0 Å². The maximum Gasteiger partial charge on any atom is 0.169 e. The third kappa shape index (κ3) is 5.25. The Labute approximate surface area is 176 Å². The van der Waals surface area contributed by atoms with Crippen molar-refractivity contribution in [1.82, 2.24) is 15.2 Å². The molecule has 0 bridgehead atoms. The highest BCUT2D eigenvalue weighted by molar-refractivity contribution is 7.80. The Morgan fingerprint density at radius 1 is 1.21 bits per heavy atom. The number of aromatic nitrogens is 1. The molecule has 0 aliphatic heterocycles. The number of hydrogen-bond donors (Lipinski definition) is 2. The summed E-state index contributed by atoms with van der Waals surface area (Å²) < 4.78 is 5.13. The van der Waals surface area contributed by atoms with Crippen molar-refractivity contribution < 1.29 is 4.74 Å². The van der Waals surface area contributed by atoms with Gasteiger partial charge in [0.1, 0.15) is 0 Å². The minimum absolute atomic E-state index is 0.624. The molecule has 2 aromatic carbocycles. The summed E-state index contributed by atoms with van der Waals surface area (Å²) in [5.41, 5.74) is 4.81. The number of aromatic amines is 1. The molecule has 0 unspecified atom stereocenters. The molecule has 0 aliphatic carbocycles. The lowest BCUT2D eigenvalue weighted by Crippen LogP contribution is -2.41. The molecule has 0 atom stereocenters. The standard InChI is InChI=1S/C22H26ClN3OS/c1-16-19(20-14-18(23)8-9-21(20)25-16)10-12-26(22(28)24-11-13-27-2)15-17-6-4-3-5-7-17/h3-9,14,25H,10-13,15H2,1-2H3,(H,24,28). The summed E-state index contributed by atoms with van der Waals surface area (Å²) in [6.07, 6.45) is 0.880. The molecule has 1 aromatic heterocycles. The number of aryl methyl sites for hydroxylation is 1. The van der Waals surface area contributed by atoms with E-state index < -0.39 is 0 Å². The molecule has 1 heterocycles. The molecule has 0 saturated carbocycles. The average molecular weight is 416 g/mol. The van der Waals surface area contributed by atoms with Crippen molar-refractivity contribution in [3.05, 3.63) is 70.4 Å². The Morgan fingerprint density at radius 3 is 2.75 bits per heavy atom. The van der Waals surface area contributed by atoms with E-state index in [2.05, 4.69) is 46.4 Å². The number of fused-ring (bicyclic) bond motifs is 1. The van der Waals surface area contributed by atoms with Gasteiger partial charge in [0.2, 0.25) is 0 Å². The second-order valence-electron chi connectivity index (χ2n) is 6.80. The molecule has 6 heteroatoms. The number of nitrogens with zero attached hydrogens (tertiary/aromatic N) is 1. The van der Waals surface area contributed by atoms with Crippen LogP contribution in [0, 0.1) is 6.92 Å². The fourth-order valence-corrected chi connectivity index (χ4v) is 3.78. The molecule has 0 saturated heterocycles. The van der Waals surface area contributed by atoms with E-state index in [-0.39, 0.29) is 0 Å². The number of methoxy groups -OCH3 is 1. The zero-order valence-electron chi connectivity index (χ0n) is 16.3. The van der Waals surface area contributed by atoms with Crippen LogP contribution in [-0.4, -0.2) is 41.8 Å². The number of thiocarbonyl (C=S) groups is 1. The smallest absolute Gasteiger partial charge is 0.169 e. The molecule has 3 aromatic rings. The van der Waals surface area contributed by atoms with E-state index in [4.69, 9.17) is 28.6 Å². The number of hydrogen-bond acceptors (Lipinski definition) is 2. The Balaban J connectivity index is 1.76. The number of rotatable bonds is 8. The molecular weight excluding hydrogens is 390 g/mol. The molecule has 0 fully saturated rings. The number of ether oxygens (including phenoxy) is 1. The molecule has 28 heavy (non-hydrogen) atoms. The van der Waals surface area contributed by atoms with Gasteiger partial charge >= 0.3 is 0 Å². The zero-order chi connectivity index (χ0) is 19.9. The second-order valence-corrected chi connectivity index (χ2v) is 7.62. The van der Waals surface area contributed by atoms with Crippen molar-refractivity contribution in [1.29, 1.82) is 0 Å². The van der Waals surface area contributed by atoms with Gasteiger partial charge in [-0.2, -0.15) is 0 Å². The SMILES string of the molecule is COCCNC(=S)N(CCc1c(C)[nH]c2ccc(Cl)cc12)Cc1ccccc1. The first-order valence-corrected chi connectivity index (χ1v) is 10.2. The summed E-state index contributed by atoms with van der Waals surface area (Å²) in [5, 5.41) is 5.98. The molecule has 148 valence electrons. The number of halogens is 1. The number of nitrogens with one attached hydrogen (secondary N) is 2. The predicted molar refractivity (Wildman–Crippen MR) is 121 cm³/mol. The third-order valence-corrected chi connectivity index (χ3v) is 5.44. The second kappa shape index (κ2) is 9.92. The maximum atomic E-state index is 6.22. The molecule has 2 N–H and O–H groups in total. The van der Waals surface area contributed by atoms with Gasteiger partial charge in [0.05, 0.1) is 6.61 Å². The van der Waals surface area contributed by atoms with E-state index in [1.54, 1.807) is 7.11 Å². The van der Waals surface area contributed by atoms with Gasteiger partial charge < -0.3 is 19.9 Å². The number of H-pyrrole nitrogens is 1. The highest BCUT2D eigenvalue weighted by atomic mass is 35.5. The largest absolute Gasteiger partial charge is 0.383 e. The lowest BCUT2D eigenvalue weighted by molar-refractivity contribution is 0.203. The van der Waals surface area contributed by atoms with Gasteiger partial charge in [-0.25, -0.2) is 0 Å². The first kappa shape index (κ1) is 20.6. The van der Waals surface area contributed by atoms with E-state index >= 15 is 0 Å². The van der Waals surface area contributed by atoms with Crippen molar-refractivity contribution in [3.63, 3.8) is 0 Å². The fourth-order valence-electron chi connectivity index (χ4n) is 3.35. The highest BCUT2D eigenvalue weighted by Gasteiger charge is 2.14. The minimum atomic E-state index is 0.624. The van der Waals surface area contributed by atoms with Gasteiger partial charge in [-0.05, 0) is 54.9 Å². The zero-order valence-corrected chi connectivity index (χ0v) is 17.9. The van der Waals surface area contributed by atoms with Gasteiger partial charge in [0, 0.05) is 48.4 Å². The third-order valence-electron chi connectivity index (χ3n) is 4.80. The number of benzene rings is 2. The van der Waals surface area contributed by atoms with E-state index in [1.165, 1.54) is 22.2 Å². The van der Waals surface area contributed by atoms with Crippen LogP contribution >= 0.6 is 23.8 Å². The average Bonchev–Trinajstić information content (AvgIpc) is 3.00. The van der Waals surface area contributed by atoms with Crippen LogP contribution in [0.25, 0.3) is 10.9 Å². The Hall–Kier alpha value is -2.08. The van der Waals surface area contributed by atoms with Gasteiger partial charge in [0.25, 0.3) is 0 Å². The van der Waals surface area contributed by atoms with Gasteiger partial charge in [-0.1, -0.05) is 41.9 Å². The minimum Gasteiger partial charge on any atom is -0.383 e. The molecule has 0 spiro atoms. The quantitative estimate of drug-likeness (QED) is 0.413. The maximum absolute atomic E-state index is 6.22. The van der Waals surface area contributed by atoms with Crippen LogP contribution in [0.4, 0.5) is 0 Å². The van der Waals surface area contributed by atoms with E-state index in [9.17, 15) is 0 Å². The lowest BCUT2D eigenvalue weighted by atomic mass is 10.1. The molecule has 3 rings (SSSR count). The van der Waals surface area contributed by atoms with Crippen LogP contribution in [0.3, 0.4) is 0 Å². The van der Waals surface area contributed by atoms with Crippen molar-refractivity contribution in [2.45, 2.75) is 19.9 Å². The Bertz CT molecular complexity index is 926. The lowest BCUT2D eigenvalue weighted by Gasteiger charge is -2.26. The summed E-state index contributed by atoms with van der Waals surface area (Å²) in [4.78, 5) is 5.67. The summed E-state index contributed by atoms with van der Waals surface area (Å²) in [6.45, 7) is 5.01. The van der Waals surface area contributed by atoms with E-state index in [0.29, 0.717) is 13.2 Å². The van der Waals surface area contributed by atoms with Gasteiger partial charge in [-0.3, -0.25) is 0 Å². The van der Waals surface area contributed by atoms with Crippen LogP contribution in [0.15, 0.2) is 48.5 Å². The highest BCUT2D eigenvalue weighted by Crippen LogP contribution is 2.26. The van der Waals surface area contributed by atoms with Crippen LogP contribution in [-0.2, 0) is 17.7 Å². The van der Waals surface area contributed by atoms with Crippen molar-refractivity contribution in [3.8, 4) is 0 Å². The normalized spacial score (nSPS) is 11.0.